The van der Waals surface area contributed by atoms with Crippen LogP contribution in [0.2, 0.25) is 0 Å². The molecule has 1 rings (SSSR count). The van der Waals surface area contributed by atoms with E-state index in [1.807, 2.05) is 0 Å². The maximum atomic E-state index is 11.7. The molecule has 0 aromatic heterocycles. The lowest BCUT2D eigenvalue weighted by atomic mass is 9.63. The number of hydrogen-bond acceptors (Lipinski definition) is 4. The molecule has 1 aliphatic carbocycles. The monoisotopic (exact) mass is 482 g/mol. The zero-order valence-electron chi connectivity index (χ0n) is 20.5. The molecule has 0 aromatic rings. The highest BCUT2D eigenvalue weighted by atomic mass is 16.4. The molecule has 194 valence electrons. The van der Waals surface area contributed by atoms with Crippen LogP contribution in [0.5, 0.6) is 0 Å². The van der Waals surface area contributed by atoms with Crippen molar-refractivity contribution in [1.82, 2.24) is 0 Å². The molecule has 4 atom stereocenters. The molecule has 0 heterocycles. The molecule has 0 fully saturated rings. The average molecular weight is 483 g/mol. The van der Waals surface area contributed by atoms with Gasteiger partial charge in [0.05, 0.1) is 0 Å². The van der Waals surface area contributed by atoms with E-state index >= 15 is 0 Å². The number of carboxylic acids is 4. The molecule has 8 heteroatoms. The highest BCUT2D eigenvalue weighted by Crippen LogP contribution is 2.45. The van der Waals surface area contributed by atoms with Crippen LogP contribution in [0.3, 0.4) is 0 Å². The van der Waals surface area contributed by atoms with Crippen LogP contribution in [0, 0.1) is 35.5 Å². The maximum absolute atomic E-state index is 11.7. The van der Waals surface area contributed by atoms with Crippen LogP contribution in [0.25, 0.3) is 0 Å². The zero-order valence-corrected chi connectivity index (χ0v) is 20.5. The maximum Gasteiger partial charge on any atom is 0.317 e. The van der Waals surface area contributed by atoms with Gasteiger partial charge in [0.2, 0.25) is 0 Å². The van der Waals surface area contributed by atoms with Gasteiger partial charge in [-0.25, -0.2) is 0 Å². The molecule has 8 nitrogen and oxygen atoms in total. The highest BCUT2D eigenvalue weighted by Gasteiger charge is 2.43. The van der Waals surface area contributed by atoms with Gasteiger partial charge in [0.25, 0.3) is 0 Å². The van der Waals surface area contributed by atoms with E-state index < -0.39 is 47.5 Å². The van der Waals surface area contributed by atoms with Gasteiger partial charge in [-0.2, -0.15) is 0 Å². The topological polar surface area (TPSA) is 149 Å². The minimum absolute atomic E-state index is 0.0989. The Bertz CT molecular complexity index is 615. The lowest BCUT2D eigenvalue weighted by Gasteiger charge is -2.41. The third-order valence-electron chi connectivity index (χ3n) is 7.25. The van der Waals surface area contributed by atoms with Crippen LogP contribution in [0.4, 0.5) is 0 Å². The van der Waals surface area contributed by atoms with E-state index in [0.29, 0.717) is 0 Å². The Labute approximate surface area is 202 Å². The molecular formula is C26H42O8. The van der Waals surface area contributed by atoms with E-state index in [4.69, 9.17) is 0 Å². The molecule has 4 N–H and O–H groups in total. The van der Waals surface area contributed by atoms with Gasteiger partial charge in [-0.15, -0.1) is 0 Å². The molecule has 1 aliphatic rings. The van der Waals surface area contributed by atoms with E-state index in [2.05, 4.69) is 26.0 Å². The summed E-state index contributed by atoms with van der Waals surface area (Å²) in [7, 11) is 0. The highest BCUT2D eigenvalue weighted by molar-refractivity contribution is 5.93. The molecule has 0 radical (unpaired) electrons. The summed E-state index contributed by atoms with van der Waals surface area (Å²) in [6.07, 6.45) is 13.4. The normalized spacial score (nSPS) is 22.2. The van der Waals surface area contributed by atoms with E-state index in [1.54, 1.807) is 0 Å². The number of carbonyl (C=O) groups is 4. The first kappa shape index (κ1) is 29.7. The van der Waals surface area contributed by atoms with Crippen molar-refractivity contribution in [1.29, 1.82) is 0 Å². The number of aliphatic carboxylic acids is 4. The van der Waals surface area contributed by atoms with Crippen LogP contribution in [-0.4, -0.2) is 44.3 Å². The molecule has 0 bridgehead atoms. The molecule has 4 unspecified atom stereocenters. The third kappa shape index (κ3) is 9.47. The smallest absolute Gasteiger partial charge is 0.317 e. The van der Waals surface area contributed by atoms with Gasteiger partial charge in [-0.05, 0) is 49.4 Å². The van der Waals surface area contributed by atoms with Crippen LogP contribution in [0.1, 0.15) is 90.9 Å². The van der Waals surface area contributed by atoms with Crippen molar-refractivity contribution in [3.8, 4) is 0 Å². The zero-order chi connectivity index (χ0) is 25.7. The summed E-state index contributed by atoms with van der Waals surface area (Å²) in [6.45, 7) is 4.20. The van der Waals surface area contributed by atoms with Crippen molar-refractivity contribution in [2.75, 3.05) is 0 Å². The molecule has 0 saturated heterocycles. The number of unbranched alkanes of at least 4 members (excludes halogenated alkanes) is 6. The van der Waals surface area contributed by atoms with E-state index in [1.165, 1.54) is 0 Å². The molecule has 0 aromatic carbocycles. The summed E-state index contributed by atoms with van der Waals surface area (Å²) in [5.74, 6) is -9.89. The second-order valence-corrected chi connectivity index (χ2v) is 9.67. The molecule has 0 spiro atoms. The first-order valence-electron chi connectivity index (χ1n) is 12.7. The summed E-state index contributed by atoms with van der Waals surface area (Å²) in [5.41, 5.74) is 0. The number of allylic oxidation sites excluding steroid dienone is 2. The first-order valence-corrected chi connectivity index (χ1v) is 12.7. The minimum Gasteiger partial charge on any atom is -0.481 e. The van der Waals surface area contributed by atoms with Crippen molar-refractivity contribution in [2.24, 2.45) is 35.5 Å². The molecule has 34 heavy (non-hydrogen) atoms. The Balaban J connectivity index is 3.30. The van der Waals surface area contributed by atoms with Crippen molar-refractivity contribution in [3.63, 3.8) is 0 Å². The standard InChI is InChI=1S/C26H42O8/c1-3-5-7-9-11-17-13-14-18(12-10-8-6-4-2)20(16-22(25(31)32)26(33)34)19(17)15-21(23(27)28)24(29)30/h13-14,17-22H,3-12,15-16H2,1-2H3,(H,27,28)(H,29,30)(H,31,32)(H,33,34). The summed E-state index contributed by atoms with van der Waals surface area (Å²) in [6, 6.07) is 0. The van der Waals surface area contributed by atoms with Crippen LogP contribution < -0.4 is 0 Å². The van der Waals surface area contributed by atoms with Gasteiger partial charge in [0.1, 0.15) is 0 Å². The predicted molar refractivity (Wildman–Crippen MR) is 127 cm³/mol. The number of carboxylic acid groups (broad SMARTS) is 4. The summed E-state index contributed by atoms with van der Waals surface area (Å²) in [4.78, 5) is 46.8. The van der Waals surface area contributed by atoms with Gasteiger partial charge >= 0.3 is 23.9 Å². The van der Waals surface area contributed by atoms with Gasteiger partial charge in [-0.3, -0.25) is 19.2 Å². The first-order chi connectivity index (χ1) is 16.1. The molecular weight excluding hydrogens is 440 g/mol. The van der Waals surface area contributed by atoms with Crippen molar-refractivity contribution in [3.05, 3.63) is 12.2 Å². The Morgan fingerprint density at radius 2 is 0.912 bits per heavy atom. The van der Waals surface area contributed by atoms with E-state index in [9.17, 15) is 39.6 Å². The van der Waals surface area contributed by atoms with Gasteiger partial charge in [0, 0.05) is 0 Å². The SMILES string of the molecule is CCCCCCC1C=CC(CCCCCC)C(CC(C(=O)O)C(=O)O)C1CC(C(=O)O)C(=O)O. The second-order valence-electron chi connectivity index (χ2n) is 9.67. The predicted octanol–water partition coefficient (Wildman–Crippen LogP) is 5.31. The van der Waals surface area contributed by atoms with Crippen molar-refractivity contribution >= 4 is 23.9 Å². The minimum atomic E-state index is -1.61. The summed E-state index contributed by atoms with van der Waals surface area (Å²) in [5, 5.41) is 38.1. The van der Waals surface area contributed by atoms with Crippen molar-refractivity contribution in [2.45, 2.75) is 90.9 Å². The Kier molecular flexibility index (Phi) is 13.5. The van der Waals surface area contributed by atoms with Crippen LogP contribution >= 0.6 is 0 Å². The van der Waals surface area contributed by atoms with Gasteiger partial charge in [0.15, 0.2) is 11.8 Å². The largest absolute Gasteiger partial charge is 0.481 e. The van der Waals surface area contributed by atoms with Crippen LogP contribution in [0.15, 0.2) is 12.2 Å². The third-order valence-corrected chi connectivity index (χ3v) is 7.25. The van der Waals surface area contributed by atoms with Gasteiger partial charge < -0.3 is 20.4 Å². The second kappa shape index (κ2) is 15.5. The van der Waals surface area contributed by atoms with Crippen LogP contribution in [-0.2, 0) is 19.2 Å². The molecule has 0 aliphatic heterocycles. The van der Waals surface area contributed by atoms with E-state index in [0.717, 1.165) is 64.2 Å². The Hall–Kier alpha value is -2.38. The Morgan fingerprint density at radius 1 is 0.588 bits per heavy atom. The average Bonchev–Trinajstić information content (AvgIpc) is 2.76. The fraction of sp³-hybridized carbons (Fsp3) is 0.769. The molecule has 0 amide bonds. The van der Waals surface area contributed by atoms with E-state index in [-0.39, 0.29) is 24.7 Å². The lowest BCUT2D eigenvalue weighted by molar-refractivity contribution is -0.159. The quantitative estimate of drug-likeness (QED) is 0.117. The summed E-state index contributed by atoms with van der Waals surface area (Å²) >= 11 is 0. The van der Waals surface area contributed by atoms with Crippen molar-refractivity contribution < 1.29 is 39.6 Å². The number of rotatable bonds is 18. The fourth-order valence-corrected chi connectivity index (χ4v) is 5.30. The van der Waals surface area contributed by atoms with Gasteiger partial charge in [-0.1, -0.05) is 77.4 Å². The Morgan fingerprint density at radius 3 is 1.18 bits per heavy atom. The molecule has 0 saturated carbocycles. The summed E-state index contributed by atoms with van der Waals surface area (Å²) < 4.78 is 0. The fourth-order valence-electron chi connectivity index (χ4n) is 5.30. The number of hydrogen-bond donors (Lipinski definition) is 4. The lowest BCUT2D eigenvalue weighted by Crippen LogP contribution is -2.39.